The summed E-state index contributed by atoms with van der Waals surface area (Å²) in [6.07, 6.45) is 4.71. The van der Waals surface area contributed by atoms with E-state index in [1.54, 1.807) is 0 Å². The van der Waals surface area contributed by atoms with Crippen LogP contribution in [0, 0.1) is 22.7 Å². The summed E-state index contributed by atoms with van der Waals surface area (Å²) in [5, 5.41) is 18.5. The van der Waals surface area contributed by atoms with Crippen LogP contribution in [-0.2, 0) is 4.79 Å². The Morgan fingerprint density at radius 1 is 1.42 bits per heavy atom. The maximum atomic E-state index is 12.7. The average molecular weight is 266 g/mol. The third kappa shape index (κ3) is 3.70. The Kier molecular flexibility index (Phi) is 6.30. The van der Waals surface area contributed by atoms with Gasteiger partial charge in [-0.25, -0.2) is 0 Å². The van der Waals surface area contributed by atoms with Crippen LogP contribution in [0.1, 0.15) is 52.4 Å². The fourth-order valence-corrected chi connectivity index (χ4v) is 3.09. The minimum absolute atomic E-state index is 0.0131. The molecule has 1 aliphatic rings. The van der Waals surface area contributed by atoms with E-state index in [1.165, 1.54) is 0 Å². The van der Waals surface area contributed by atoms with E-state index < -0.39 is 5.41 Å². The number of carbonyl (C=O) groups excluding carboxylic acids is 1. The summed E-state index contributed by atoms with van der Waals surface area (Å²) in [6, 6.07) is 2.30. The minimum Gasteiger partial charge on any atom is -0.396 e. The summed E-state index contributed by atoms with van der Waals surface area (Å²) in [4.78, 5) is 14.5. The van der Waals surface area contributed by atoms with Crippen LogP contribution in [0.3, 0.4) is 0 Å². The third-order valence-corrected chi connectivity index (χ3v) is 4.09. The molecule has 4 nitrogen and oxygen atoms in total. The van der Waals surface area contributed by atoms with Gasteiger partial charge in [0.1, 0.15) is 5.41 Å². The monoisotopic (exact) mass is 266 g/mol. The van der Waals surface area contributed by atoms with Crippen molar-refractivity contribution in [2.24, 2.45) is 11.3 Å². The van der Waals surface area contributed by atoms with Gasteiger partial charge in [-0.3, -0.25) is 4.79 Å². The van der Waals surface area contributed by atoms with Gasteiger partial charge in [-0.05, 0) is 31.6 Å². The van der Waals surface area contributed by atoms with Crippen molar-refractivity contribution in [1.82, 2.24) is 4.90 Å². The molecule has 0 aromatic carbocycles. The number of nitriles is 1. The molecule has 0 aromatic heterocycles. The van der Waals surface area contributed by atoms with Crippen molar-refractivity contribution in [1.29, 1.82) is 5.26 Å². The summed E-state index contributed by atoms with van der Waals surface area (Å²) >= 11 is 0. The van der Waals surface area contributed by atoms with E-state index in [0.717, 1.165) is 32.2 Å². The molecule has 0 aliphatic carbocycles. The molecular weight excluding hydrogens is 240 g/mol. The van der Waals surface area contributed by atoms with Gasteiger partial charge in [0, 0.05) is 19.7 Å². The zero-order valence-corrected chi connectivity index (χ0v) is 12.2. The number of aliphatic hydroxyl groups excluding tert-OH is 1. The third-order valence-electron chi connectivity index (χ3n) is 4.09. The Morgan fingerprint density at radius 2 is 2.05 bits per heavy atom. The van der Waals surface area contributed by atoms with Gasteiger partial charge < -0.3 is 10.0 Å². The van der Waals surface area contributed by atoms with Gasteiger partial charge in [-0.15, -0.1) is 0 Å². The van der Waals surface area contributed by atoms with E-state index in [1.807, 2.05) is 18.7 Å². The topological polar surface area (TPSA) is 64.3 Å². The molecule has 1 heterocycles. The maximum absolute atomic E-state index is 12.7. The first-order valence-corrected chi connectivity index (χ1v) is 7.45. The quantitative estimate of drug-likeness (QED) is 0.769. The zero-order chi connectivity index (χ0) is 14.3. The molecule has 1 fully saturated rings. The van der Waals surface area contributed by atoms with Gasteiger partial charge in [0.2, 0.25) is 5.91 Å². The molecule has 1 amide bonds. The molecule has 0 radical (unpaired) electrons. The van der Waals surface area contributed by atoms with Crippen LogP contribution in [0.5, 0.6) is 0 Å². The Morgan fingerprint density at radius 3 is 2.53 bits per heavy atom. The molecule has 1 N–H and O–H groups in total. The summed E-state index contributed by atoms with van der Waals surface area (Å²) in [6.45, 7) is 5.66. The van der Waals surface area contributed by atoms with Gasteiger partial charge >= 0.3 is 0 Å². The second-order valence-corrected chi connectivity index (χ2v) is 5.61. The Bertz CT molecular complexity index is 330. The molecular formula is C15H26N2O2. The second-order valence-electron chi connectivity index (χ2n) is 5.61. The molecule has 0 aromatic rings. The number of hydrogen-bond donors (Lipinski definition) is 1. The van der Waals surface area contributed by atoms with Crippen LogP contribution in [0.15, 0.2) is 0 Å². The van der Waals surface area contributed by atoms with E-state index in [2.05, 4.69) is 6.07 Å². The lowest BCUT2D eigenvalue weighted by Gasteiger charge is -2.30. The molecule has 1 unspecified atom stereocenters. The molecule has 0 saturated carbocycles. The molecule has 1 saturated heterocycles. The van der Waals surface area contributed by atoms with Crippen LogP contribution in [0.4, 0.5) is 0 Å². The first kappa shape index (κ1) is 16.0. The molecule has 1 atom stereocenters. The largest absolute Gasteiger partial charge is 0.396 e. The first-order chi connectivity index (χ1) is 9.13. The van der Waals surface area contributed by atoms with Crippen LogP contribution < -0.4 is 0 Å². The summed E-state index contributed by atoms with van der Waals surface area (Å²) < 4.78 is 0. The summed E-state index contributed by atoms with van der Waals surface area (Å²) in [5.41, 5.74) is -0.822. The lowest BCUT2D eigenvalue weighted by Crippen LogP contribution is -2.42. The van der Waals surface area contributed by atoms with Gasteiger partial charge in [-0.2, -0.15) is 5.26 Å². The molecule has 4 heteroatoms. The van der Waals surface area contributed by atoms with Crippen molar-refractivity contribution in [3.05, 3.63) is 0 Å². The number of rotatable bonds is 7. The molecule has 0 spiro atoms. The highest BCUT2D eigenvalue weighted by Crippen LogP contribution is 2.34. The number of likely N-dealkylation sites (tertiary alicyclic amines) is 1. The standard InChI is InChI=1S/C15H26N2O2/c1-3-7-15(12-16,8-4-2)14(19)17-9-5-13(11-17)6-10-18/h13,18H,3-11H2,1-2H3. The second kappa shape index (κ2) is 7.49. The number of hydrogen-bond acceptors (Lipinski definition) is 3. The number of amides is 1. The van der Waals surface area contributed by atoms with E-state index in [-0.39, 0.29) is 12.5 Å². The lowest BCUT2D eigenvalue weighted by molar-refractivity contribution is -0.139. The van der Waals surface area contributed by atoms with Crippen LogP contribution in [-0.4, -0.2) is 35.6 Å². The zero-order valence-electron chi connectivity index (χ0n) is 12.2. The van der Waals surface area contributed by atoms with Crippen molar-refractivity contribution in [3.8, 4) is 6.07 Å². The van der Waals surface area contributed by atoms with E-state index >= 15 is 0 Å². The normalized spacial score (nSPS) is 19.5. The van der Waals surface area contributed by atoms with Crippen LogP contribution in [0.2, 0.25) is 0 Å². The van der Waals surface area contributed by atoms with Crippen molar-refractivity contribution >= 4 is 5.91 Å². The van der Waals surface area contributed by atoms with Gasteiger partial charge in [-0.1, -0.05) is 26.7 Å². The fourth-order valence-electron chi connectivity index (χ4n) is 3.09. The summed E-state index contributed by atoms with van der Waals surface area (Å²) in [5.74, 6) is 0.410. The maximum Gasteiger partial charge on any atom is 0.243 e. The SMILES string of the molecule is CCCC(C#N)(CCC)C(=O)N1CCC(CCO)C1. The highest BCUT2D eigenvalue weighted by atomic mass is 16.3. The van der Waals surface area contributed by atoms with E-state index in [0.29, 0.717) is 25.3 Å². The van der Waals surface area contributed by atoms with Crippen molar-refractivity contribution in [2.45, 2.75) is 52.4 Å². The van der Waals surface area contributed by atoms with Gasteiger partial charge in [0.15, 0.2) is 0 Å². The molecule has 0 bridgehead atoms. The first-order valence-electron chi connectivity index (χ1n) is 7.45. The number of nitrogens with zero attached hydrogens (tertiary/aromatic N) is 2. The van der Waals surface area contributed by atoms with Crippen molar-refractivity contribution < 1.29 is 9.90 Å². The minimum atomic E-state index is -0.822. The molecule has 1 rings (SSSR count). The van der Waals surface area contributed by atoms with Gasteiger partial charge in [0.25, 0.3) is 0 Å². The van der Waals surface area contributed by atoms with Crippen LogP contribution >= 0.6 is 0 Å². The summed E-state index contributed by atoms with van der Waals surface area (Å²) in [7, 11) is 0. The smallest absolute Gasteiger partial charge is 0.243 e. The van der Waals surface area contributed by atoms with Crippen molar-refractivity contribution in [2.75, 3.05) is 19.7 Å². The average Bonchev–Trinajstić information content (AvgIpc) is 2.86. The number of aliphatic hydroxyl groups is 1. The predicted molar refractivity (Wildman–Crippen MR) is 74.3 cm³/mol. The Labute approximate surface area is 116 Å². The Hall–Kier alpha value is -1.08. The lowest BCUT2D eigenvalue weighted by atomic mass is 9.79. The molecule has 108 valence electrons. The highest BCUT2D eigenvalue weighted by molar-refractivity contribution is 5.85. The van der Waals surface area contributed by atoms with E-state index in [9.17, 15) is 10.1 Å². The highest BCUT2D eigenvalue weighted by Gasteiger charge is 2.41. The van der Waals surface area contributed by atoms with Gasteiger partial charge in [0.05, 0.1) is 6.07 Å². The molecule has 1 aliphatic heterocycles. The Balaban J connectivity index is 2.75. The molecule has 19 heavy (non-hydrogen) atoms. The van der Waals surface area contributed by atoms with E-state index in [4.69, 9.17) is 5.11 Å². The number of carbonyl (C=O) groups is 1. The fraction of sp³-hybridized carbons (Fsp3) is 0.867. The van der Waals surface area contributed by atoms with Crippen molar-refractivity contribution in [3.63, 3.8) is 0 Å². The van der Waals surface area contributed by atoms with Crippen LogP contribution in [0.25, 0.3) is 0 Å². The predicted octanol–water partition coefficient (Wildman–Crippen LogP) is 2.33.